The smallest absolute Gasteiger partial charge is 0.316 e. The Balaban J connectivity index is 1.79. The van der Waals surface area contributed by atoms with E-state index in [4.69, 9.17) is 0 Å². The summed E-state index contributed by atoms with van der Waals surface area (Å²) in [5.74, 6) is 0. The molecule has 5 nitrogen and oxygen atoms in total. The predicted molar refractivity (Wildman–Crippen MR) is 79.0 cm³/mol. The molecule has 1 aliphatic rings. The van der Waals surface area contributed by atoms with Crippen molar-refractivity contribution in [3.8, 4) is 0 Å². The maximum absolute atomic E-state index is 11.4. The lowest BCUT2D eigenvalue weighted by molar-refractivity contribution is 0.217. The highest BCUT2D eigenvalue weighted by atomic mass is 32.1. The largest absolute Gasteiger partial charge is 0.348 e. The van der Waals surface area contributed by atoms with Crippen LogP contribution in [0.15, 0.2) is 5.38 Å². The molecular weight excluding hydrogens is 260 g/mol. The van der Waals surface area contributed by atoms with E-state index in [0.29, 0.717) is 6.54 Å². The van der Waals surface area contributed by atoms with Crippen molar-refractivity contribution in [2.75, 3.05) is 38.6 Å². The van der Waals surface area contributed by atoms with Crippen LogP contribution in [-0.4, -0.2) is 49.6 Å². The molecule has 0 saturated carbocycles. The van der Waals surface area contributed by atoms with Gasteiger partial charge in [0.2, 0.25) is 0 Å². The zero-order valence-corrected chi connectivity index (χ0v) is 12.5. The zero-order chi connectivity index (χ0) is 13.7. The number of thiazole rings is 1. The van der Waals surface area contributed by atoms with Crippen molar-refractivity contribution in [3.05, 3.63) is 11.1 Å². The lowest BCUT2D eigenvalue weighted by Crippen LogP contribution is -2.35. The van der Waals surface area contributed by atoms with Crippen LogP contribution < -0.4 is 10.2 Å². The molecule has 2 rings (SSSR count). The molecule has 1 fully saturated rings. The van der Waals surface area contributed by atoms with Gasteiger partial charge >= 0.3 is 6.03 Å². The number of hydrogen-bond donors (Lipinski definition) is 1. The summed E-state index contributed by atoms with van der Waals surface area (Å²) < 4.78 is 0. The SMILES string of the molecule is CN(C)C(=O)NCCc1csc(N2CCCCC2)n1. The maximum Gasteiger partial charge on any atom is 0.316 e. The molecule has 19 heavy (non-hydrogen) atoms. The summed E-state index contributed by atoms with van der Waals surface area (Å²) in [5.41, 5.74) is 1.07. The number of carbonyl (C=O) groups is 1. The molecule has 1 N–H and O–H groups in total. The molecule has 1 aromatic heterocycles. The number of piperidine rings is 1. The van der Waals surface area contributed by atoms with E-state index in [1.54, 1.807) is 30.3 Å². The highest BCUT2D eigenvalue weighted by Gasteiger charge is 2.14. The Morgan fingerprint density at radius 2 is 2.16 bits per heavy atom. The fourth-order valence-corrected chi connectivity index (χ4v) is 3.01. The van der Waals surface area contributed by atoms with Gasteiger partial charge in [0.15, 0.2) is 5.13 Å². The molecule has 1 aromatic rings. The minimum Gasteiger partial charge on any atom is -0.348 e. The van der Waals surface area contributed by atoms with Gasteiger partial charge in [0.05, 0.1) is 5.69 Å². The van der Waals surface area contributed by atoms with Gasteiger partial charge in [0.25, 0.3) is 0 Å². The summed E-state index contributed by atoms with van der Waals surface area (Å²) >= 11 is 1.71. The lowest BCUT2D eigenvalue weighted by atomic mass is 10.1. The minimum atomic E-state index is -0.0496. The van der Waals surface area contributed by atoms with Gasteiger partial charge in [0, 0.05) is 45.5 Å². The van der Waals surface area contributed by atoms with E-state index in [1.807, 2.05) is 0 Å². The van der Waals surface area contributed by atoms with Gasteiger partial charge in [-0.1, -0.05) is 0 Å². The van der Waals surface area contributed by atoms with Crippen LogP contribution in [0, 0.1) is 0 Å². The highest BCUT2D eigenvalue weighted by Crippen LogP contribution is 2.23. The third-order valence-electron chi connectivity index (χ3n) is 3.23. The first kappa shape index (κ1) is 14.1. The van der Waals surface area contributed by atoms with Crippen LogP contribution in [0.25, 0.3) is 0 Å². The third-order valence-corrected chi connectivity index (χ3v) is 4.18. The monoisotopic (exact) mass is 282 g/mol. The molecule has 0 atom stereocenters. The number of carbonyl (C=O) groups excluding carboxylic acids is 1. The molecule has 6 heteroatoms. The fraction of sp³-hybridized carbons (Fsp3) is 0.692. The summed E-state index contributed by atoms with van der Waals surface area (Å²) in [5, 5.41) is 6.09. The number of anilines is 1. The second kappa shape index (κ2) is 6.75. The molecule has 0 spiro atoms. The molecule has 1 aliphatic heterocycles. The number of amides is 2. The van der Waals surface area contributed by atoms with E-state index in [0.717, 1.165) is 30.3 Å². The Bertz CT molecular complexity index is 413. The number of nitrogens with zero attached hydrogens (tertiary/aromatic N) is 3. The first-order valence-corrected chi connectivity index (χ1v) is 7.69. The molecular formula is C13H22N4OS. The Morgan fingerprint density at radius 1 is 1.42 bits per heavy atom. The van der Waals surface area contributed by atoms with E-state index in [1.165, 1.54) is 19.3 Å². The Labute approximate surface area is 118 Å². The maximum atomic E-state index is 11.4. The Kier molecular flexibility index (Phi) is 5.01. The van der Waals surface area contributed by atoms with Crippen LogP contribution in [0.3, 0.4) is 0 Å². The number of hydrogen-bond acceptors (Lipinski definition) is 4. The molecule has 2 amide bonds. The summed E-state index contributed by atoms with van der Waals surface area (Å²) in [7, 11) is 3.49. The third kappa shape index (κ3) is 4.09. The van der Waals surface area contributed by atoms with Gasteiger partial charge in [-0.3, -0.25) is 0 Å². The van der Waals surface area contributed by atoms with Crippen LogP contribution in [0.5, 0.6) is 0 Å². The fourth-order valence-electron chi connectivity index (χ4n) is 2.10. The Morgan fingerprint density at radius 3 is 2.84 bits per heavy atom. The first-order chi connectivity index (χ1) is 9.16. The predicted octanol–water partition coefficient (Wildman–Crippen LogP) is 1.95. The number of nitrogens with one attached hydrogen (secondary N) is 1. The summed E-state index contributed by atoms with van der Waals surface area (Å²) in [6, 6.07) is -0.0496. The molecule has 1 saturated heterocycles. The van der Waals surface area contributed by atoms with Crippen LogP contribution in [0.2, 0.25) is 0 Å². The van der Waals surface area contributed by atoms with Gasteiger partial charge in [-0.2, -0.15) is 0 Å². The van der Waals surface area contributed by atoms with E-state index in [9.17, 15) is 4.79 Å². The number of urea groups is 1. The molecule has 0 aromatic carbocycles. The first-order valence-electron chi connectivity index (χ1n) is 6.81. The van der Waals surface area contributed by atoms with Gasteiger partial charge in [-0.05, 0) is 19.3 Å². The highest BCUT2D eigenvalue weighted by molar-refractivity contribution is 7.13. The molecule has 2 heterocycles. The van der Waals surface area contributed by atoms with Crippen LogP contribution >= 0.6 is 11.3 Å². The van der Waals surface area contributed by atoms with Gasteiger partial charge in [-0.15, -0.1) is 11.3 Å². The zero-order valence-electron chi connectivity index (χ0n) is 11.7. The minimum absolute atomic E-state index is 0.0496. The van der Waals surface area contributed by atoms with Crippen LogP contribution in [-0.2, 0) is 6.42 Å². The molecule has 0 radical (unpaired) electrons. The molecule has 106 valence electrons. The van der Waals surface area contributed by atoms with Crippen molar-refractivity contribution in [3.63, 3.8) is 0 Å². The van der Waals surface area contributed by atoms with E-state index >= 15 is 0 Å². The van der Waals surface area contributed by atoms with Crippen LogP contribution in [0.1, 0.15) is 25.0 Å². The van der Waals surface area contributed by atoms with Crippen molar-refractivity contribution in [1.82, 2.24) is 15.2 Å². The van der Waals surface area contributed by atoms with Gasteiger partial charge < -0.3 is 15.1 Å². The van der Waals surface area contributed by atoms with Crippen molar-refractivity contribution in [1.29, 1.82) is 0 Å². The lowest BCUT2D eigenvalue weighted by Gasteiger charge is -2.25. The van der Waals surface area contributed by atoms with Crippen molar-refractivity contribution in [2.45, 2.75) is 25.7 Å². The number of aromatic nitrogens is 1. The number of rotatable bonds is 4. The Hall–Kier alpha value is -1.30. The van der Waals surface area contributed by atoms with Crippen LogP contribution in [0.4, 0.5) is 9.93 Å². The average Bonchev–Trinajstić information content (AvgIpc) is 2.88. The van der Waals surface area contributed by atoms with Gasteiger partial charge in [-0.25, -0.2) is 9.78 Å². The van der Waals surface area contributed by atoms with Crippen molar-refractivity contribution < 1.29 is 4.79 Å². The second-order valence-electron chi connectivity index (χ2n) is 5.05. The molecule has 0 unspecified atom stereocenters. The molecule has 0 aliphatic carbocycles. The second-order valence-corrected chi connectivity index (χ2v) is 5.88. The standard InChI is InChI=1S/C13H22N4OS/c1-16(2)12(18)14-7-6-11-10-19-13(15-11)17-8-4-3-5-9-17/h10H,3-9H2,1-2H3,(H,14,18). The van der Waals surface area contributed by atoms with Crippen molar-refractivity contribution in [2.24, 2.45) is 0 Å². The van der Waals surface area contributed by atoms with Gasteiger partial charge in [0.1, 0.15) is 0 Å². The van der Waals surface area contributed by atoms with E-state index in [2.05, 4.69) is 20.6 Å². The quantitative estimate of drug-likeness (QED) is 0.918. The van der Waals surface area contributed by atoms with Crippen molar-refractivity contribution >= 4 is 22.5 Å². The summed E-state index contributed by atoms with van der Waals surface area (Å²) in [4.78, 5) is 19.9. The average molecular weight is 282 g/mol. The topological polar surface area (TPSA) is 48.5 Å². The van der Waals surface area contributed by atoms with E-state index in [-0.39, 0.29) is 6.03 Å². The summed E-state index contributed by atoms with van der Waals surface area (Å²) in [6.45, 7) is 2.90. The summed E-state index contributed by atoms with van der Waals surface area (Å²) in [6.07, 6.45) is 4.68. The van der Waals surface area contributed by atoms with E-state index < -0.39 is 0 Å². The normalized spacial score (nSPS) is 15.4. The molecule has 0 bridgehead atoms.